The van der Waals surface area contributed by atoms with Crippen LogP contribution in [-0.2, 0) is 11.2 Å². The smallest absolute Gasteiger partial charge is 0.137 e. The Hall–Kier alpha value is -0.740. The summed E-state index contributed by atoms with van der Waals surface area (Å²) in [5, 5.41) is 3.35. The molecule has 0 amide bonds. The van der Waals surface area contributed by atoms with Gasteiger partial charge in [0.25, 0.3) is 0 Å². The maximum absolute atomic E-state index is 11.9. The van der Waals surface area contributed by atoms with Gasteiger partial charge >= 0.3 is 0 Å². The molecule has 3 nitrogen and oxygen atoms in total. The van der Waals surface area contributed by atoms with Gasteiger partial charge in [-0.3, -0.25) is 9.78 Å². The number of aromatic nitrogens is 1. The third-order valence-electron chi connectivity index (χ3n) is 3.45. The zero-order chi connectivity index (χ0) is 12.8. The summed E-state index contributed by atoms with van der Waals surface area (Å²) in [5.41, 5.74) is 1.000. The molecule has 1 fully saturated rings. The van der Waals surface area contributed by atoms with Crippen LogP contribution in [0.2, 0.25) is 0 Å². The quantitative estimate of drug-likeness (QED) is 0.909. The minimum Gasteiger partial charge on any atom is -0.317 e. The van der Waals surface area contributed by atoms with Crippen LogP contribution >= 0.6 is 15.9 Å². The molecule has 0 aromatic carbocycles. The van der Waals surface area contributed by atoms with Gasteiger partial charge in [0.1, 0.15) is 5.78 Å². The summed E-state index contributed by atoms with van der Waals surface area (Å²) in [6.07, 6.45) is 8.20. The van der Waals surface area contributed by atoms with Gasteiger partial charge in [0, 0.05) is 29.7 Å². The van der Waals surface area contributed by atoms with Crippen molar-refractivity contribution in [3.63, 3.8) is 0 Å². The number of halogens is 1. The highest BCUT2D eigenvalue weighted by atomic mass is 79.9. The molecule has 0 spiro atoms. The lowest BCUT2D eigenvalue weighted by Crippen LogP contribution is -2.28. The van der Waals surface area contributed by atoms with Crippen LogP contribution in [0.1, 0.15) is 31.2 Å². The van der Waals surface area contributed by atoms with Crippen molar-refractivity contribution >= 4 is 21.7 Å². The van der Waals surface area contributed by atoms with E-state index in [4.69, 9.17) is 0 Å². The second kappa shape index (κ2) is 7.00. The van der Waals surface area contributed by atoms with Gasteiger partial charge in [0.15, 0.2) is 0 Å². The van der Waals surface area contributed by atoms with Crippen molar-refractivity contribution < 1.29 is 4.79 Å². The molecule has 1 saturated heterocycles. The summed E-state index contributed by atoms with van der Waals surface area (Å²) in [6.45, 7) is 2.21. The van der Waals surface area contributed by atoms with Crippen LogP contribution < -0.4 is 5.32 Å². The second-order valence-electron chi connectivity index (χ2n) is 4.96. The summed E-state index contributed by atoms with van der Waals surface area (Å²) < 4.78 is 0.936. The first-order valence-electron chi connectivity index (χ1n) is 6.56. The number of pyridine rings is 1. The van der Waals surface area contributed by atoms with E-state index in [1.54, 1.807) is 12.4 Å². The Labute approximate surface area is 117 Å². The van der Waals surface area contributed by atoms with E-state index in [2.05, 4.69) is 26.2 Å². The largest absolute Gasteiger partial charge is 0.317 e. The summed E-state index contributed by atoms with van der Waals surface area (Å²) in [7, 11) is 0. The number of Topliss-reactive ketones (excluding diaryl/α,β-unsaturated/α-hetero) is 1. The van der Waals surface area contributed by atoms with Gasteiger partial charge in [-0.2, -0.15) is 0 Å². The zero-order valence-electron chi connectivity index (χ0n) is 10.5. The number of carbonyl (C=O) groups is 1. The minimum absolute atomic E-state index is 0.327. The number of nitrogens with zero attached hydrogens (tertiary/aromatic N) is 1. The van der Waals surface area contributed by atoms with E-state index in [1.165, 1.54) is 12.8 Å². The molecule has 18 heavy (non-hydrogen) atoms. The second-order valence-corrected chi connectivity index (χ2v) is 5.87. The molecule has 2 heterocycles. The molecule has 1 aromatic heterocycles. The molecule has 4 heteroatoms. The van der Waals surface area contributed by atoms with Crippen LogP contribution in [0.3, 0.4) is 0 Å². The molecular weight excluding hydrogens is 292 g/mol. The highest BCUT2D eigenvalue weighted by Gasteiger charge is 2.14. The Morgan fingerprint density at radius 1 is 1.39 bits per heavy atom. The maximum Gasteiger partial charge on any atom is 0.137 e. The van der Waals surface area contributed by atoms with Crippen molar-refractivity contribution in [3.05, 3.63) is 28.5 Å². The Morgan fingerprint density at radius 3 is 2.89 bits per heavy atom. The molecule has 0 bridgehead atoms. The van der Waals surface area contributed by atoms with Gasteiger partial charge in [0.05, 0.1) is 0 Å². The first-order valence-corrected chi connectivity index (χ1v) is 7.35. The van der Waals surface area contributed by atoms with Crippen molar-refractivity contribution in [1.29, 1.82) is 0 Å². The molecule has 1 aliphatic heterocycles. The first kappa shape index (κ1) is 13.7. The molecular formula is C14H19BrN2O. The maximum atomic E-state index is 11.9. The SMILES string of the molecule is O=C(CCC1CCNCC1)Cc1cncc(Br)c1. The Kier molecular flexibility index (Phi) is 5.32. The Morgan fingerprint density at radius 2 is 2.17 bits per heavy atom. The van der Waals surface area contributed by atoms with Crippen LogP contribution in [0, 0.1) is 5.92 Å². The van der Waals surface area contributed by atoms with E-state index in [-0.39, 0.29) is 0 Å². The number of ketones is 1. The molecule has 1 aliphatic rings. The average Bonchev–Trinajstić information content (AvgIpc) is 2.38. The fraction of sp³-hybridized carbons (Fsp3) is 0.571. The molecule has 0 aliphatic carbocycles. The number of hydrogen-bond acceptors (Lipinski definition) is 3. The highest BCUT2D eigenvalue weighted by molar-refractivity contribution is 9.10. The third-order valence-corrected chi connectivity index (χ3v) is 3.89. The molecule has 0 radical (unpaired) electrons. The van der Waals surface area contributed by atoms with Gasteiger partial charge in [-0.15, -0.1) is 0 Å². The van der Waals surface area contributed by atoms with Crippen LogP contribution in [-0.4, -0.2) is 23.9 Å². The van der Waals surface area contributed by atoms with E-state index in [1.807, 2.05) is 6.07 Å². The summed E-state index contributed by atoms with van der Waals surface area (Å²) in [5.74, 6) is 1.06. The first-order chi connectivity index (χ1) is 8.74. The number of rotatable bonds is 5. The van der Waals surface area contributed by atoms with Crippen molar-refractivity contribution in [2.75, 3.05) is 13.1 Å². The predicted molar refractivity (Wildman–Crippen MR) is 75.5 cm³/mol. The van der Waals surface area contributed by atoms with Gasteiger partial charge in [0.2, 0.25) is 0 Å². The van der Waals surface area contributed by atoms with Crippen molar-refractivity contribution in [2.24, 2.45) is 5.92 Å². The van der Waals surface area contributed by atoms with Crippen LogP contribution in [0.5, 0.6) is 0 Å². The molecule has 2 rings (SSSR count). The topological polar surface area (TPSA) is 42.0 Å². The van der Waals surface area contributed by atoms with E-state index in [0.29, 0.717) is 18.6 Å². The summed E-state index contributed by atoms with van der Waals surface area (Å²) in [6, 6.07) is 1.97. The van der Waals surface area contributed by atoms with Gasteiger partial charge < -0.3 is 5.32 Å². The molecule has 1 aromatic rings. The van der Waals surface area contributed by atoms with Crippen LogP contribution in [0.25, 0.3) is 0 Å². The summed E-state index contributed by atoms with van der Waals surface area (Å²) >= 11 is 3.37. The van der Waals surface area contributed by atoms with Crippen molar-refractivity contribution in [3.8, 4) is 0 Å². The van der Waals surface area contributed by atoms with E-state index in [0.717, 1.165) is 35.5 Å². The van der Waals surface area contributed by atoms with E-state index >= 15 is 0 Å². The van der Waals surface area contributed by atoms with E-state index < -0.39 is 0 Å². The minimum atomic E-state index is 0.327. The average molecular weight is 311 g/mol. The van der Waals surface area contributed by atoms with Gasteiger partial charge in [-0.1, -0.05) is 0 Å². The third kappa shape index (κ3) is 4.50. The monoisotopic (exact) mass is 310 g/mol. The lowest BCUT2D eigenvalue weighted by molar-refractivity contribution is -0.118. The van der Waals surface area contributed by atoms with Crippen molar-refractivity contribution in [2.45, 2.75) is 32.1 Å². The highest BCUT2D eigenvalue weighted by Crippen LogP contribution is 2.18. The molecule has 98 valence electrons. The van der Waals surface area contributed by atoms with Crippen LogP contribution in [0.15, 0.2) is 22.9 Å². The Bertz CT molecular complexity index is 403. The van der Waals surface area contributed by atoms with Crippen LogP contribution in [0.4, 0.5) is 0 Å². The normalized spacial score (nSPS) is 16.7. The zero-order valence-corrected chi connectivity index (χ0v) is 12.1. The number of carbonyl (C=O) groups excluding carboxylic acids is 1. The molecule has 1 N–H and O–H groups in total. The summed E-state index contributed by atoms with van der Waals surface area (Å²) in [4.78, 5) is 16.0. The predicted octanol–water partition coefficient (Wildman–Crippen LogP) is 2.74. The number of hydrogen-bond donors (Lipinski definition) is 1. The van der Waals surface area contributed by atoms with Gasteiger partial charge in [-0.05, 0) is 65.8 Å². The lowest BCUT2D eigenvalue weighted by Gasteiger charge is -2.22. The number of nitrogens with one attached hydrogen (secondary N) is 1. The van der Waals surface area contributed by atoms with E-state index in [9.17, 15) is 4.79 Å². The Balaban J connectivity index is 1.74. The molecule has 0 saturated carbocycles. The fourth-order valence-electron chi connectivity index (χ4n) is 2.40. The fourth-order valence-corrected chi connectivity index (χ4v) is 2.82. The lowest BCUT2D eigenvalue weighted by atomic mass is 9.91. The molecule has 0 unspecified atom stereocenters. The van der Waals surface area contributed by atoms with Gasteiger partial charge in [-0.25, -0.2) is 0 Å². The van der Waals surface area contributed by atoms with Crippen molar-refractivity contribution in [1.82, 2.24) is 10.3 Å². The number of piperidine rings is 1. The molecule has 0 atom stereocenters. The standard InChI is InChI=1S/C14H19BrN2O/c15-13-7-12(9-17-10-13)8-14(18)2-1-11-3-5-16-6-4-11/h7,9-11,16H,1-6,8H2.